The van der Waals surface area contributed by atoms with Crippen LogP contribution in [0.15, 0.2) is 66.9 Å². The highest BCUT2D eigenvalue weighted by Gasteiger charge is 2.33. The maximum Gasteiger partial charge on any atom is 0.320 e. The molecule has 0 amide bonds. The molecule has 29 heavy (non-hydrogen) atoms. The molecule has 0 fully saturated rings. The third-order valence-electron chi connectivity index (χ3n) is 5.61. The van der Waals surface area contributed by atoms with Crippen molar-refractivity contribution in [3.8, 4) is 11.1 Å². The molecule has 5 nitrogen and oxygen atoms in total. The maximum absolute atomic E-state index is 12.7. The number of carbonyl (C=O) groups excluding carboxylic acids is 1. The Bertz CT molecular complexity index is 1010. The standard InChI is InChI=1S/C24H23NO4/c1-2-25-13-7-8-16(25)14-21(23(26)27)24(28)29-15-22-19-11-5-3-9-17(19)18-10-4-6-12-20(18)22/h3-13,21-22H,2,14-15H2,1H3,(H,26,27)/t21-/m0/s1. The van der Waals surface area contributed by atoms with E-state index in [-0.39, 0.29) is 18.9 Å². The summed E-state index contributed by atoms with van der Waals surface area (Å²) in [6.07, 6.45) is 2.00. The number of benzene rings is 2. The molecule has 1 N–H and O–H groups in total. The van der Waals surface area contributed by atoms with Crippen molar-refractivity contribution in [3.63, 3.8) is 0 Å². The number of nitrogens with zero attached hydrogens (tertiary/aromatic N) is 1. The molecule has 1 aromatic heterocycles. The van der Waals surface area contributed by atoms with E-state index in [0.717, 1.165) is 34.5 Å². The van der Waals surface area contributed by atoms with Crippen molar-refractivity contribution in [1.82, 2.24) is 4.57 Å². The zero-order valence-electron chi connectivity index (χ0n) is 16.2. The van der Waals surface area contributed by atoms with E-state index in [2.05, 4.69) is 12.1 Å². The molecule has 0 aliphatic heterocycles. The lowest BCUT2D eigenvalue weighted by molar-refractivity contribution is -0.158. The third kappa shape index (κ3) is 3.56. The smallest absolute Gasteiger partial charge is 0.320 e. The van der Waals surface area contributed by atoms with Gasteiger partial charge in [0, 0.05) is 30.8 Å². The second-order valence-electron chi connectivity index (χ2n) is 7.24. The highest BCUT2D eigenvalue weighted by molar-refractivity contribution is 5.94. The van der Waals surface area contributed by atoms with Crippen LogP contribution in [0.4, 0.5) is 0 Å². The number of rotatable bonds is 7. The fraction of sp³-hybridized carbons (Fsp3) is 0.250. The third-order valence-corrected chi connectivity index (χ3v) is 5.61. The average Bonchev–Trinajstić information content (AvgIpc) is 3.32. The van der Waals surface area contributed by atoms with E-state index in [1.165, 1.54) is 0 Å². The maximum atomic E-state index is 12.7. The van der Waals surface area contributed by atoms with Crippen molar-refractivity contribution in [2.24, 2.45) is 5.92 Å². The van der Waals surface area contributed by atoms with Gasteiger partial charge in [0.25, 0.3) is 0 Å². The number of carbonyl (C=O) groups is 2. The van der Waals surface area contributed by atoms with Gasteiger partial charge in [0.05, 0.1) is 0 Å². The van der Waals surface area contributed by atoms with Crippen LogP contribution in [0, 0.1) is 5.92 Å². The molecule has 148 valence electrons. The van der Waals surface area contributed by atoms with E-state index >= 15 is 0 Å². The van der Waals surface area contributed by atoms with Crippen molar-refractivity contribution < 1.29 is 19.4 Å². The summed E-state index contributed by atoms with van der Waals surface area (Å²) in [6.45, 7) is 2.83. The molecule has 5 heteroatoms. The first kappa shape index (κ1) is 19.0. The van der Waals surface area contributed by atoms with Crippen molar-refractivity contribution >= 4 is 11.9 Å². The van der Waals surface area contributed by atoms with Crippen LogP contribution in [0.5, 0.6) is 0 Å². The lowest BCUT2D eigenvalue weighted by Gasteiger charge is -2.17. The Morgan fingerprint density at radius 3 is 2.21 bits per heavy atom. The summed E-state index contributed by atoms with van der Waals surface area (Å²) < 4.78 is 7.49. The summed E-state index contributed by atoms with van der Waals surface area (Å²) in [6, 6.07) is 19.8. The lowest BCUT2D eigenvalue weighted by Crippen LogP contribution is -2.29. The molecule has 3 aromatic rings. The van der Waals surface area contributed by atoms with E-state index in [0.29, 0.717) is 0 Å². The van der Waals surface area contributed by atoms with E-state index in [4.69, 9.17) is 4.74 Å². The van der Waals surface area contributed by atoms with Gasteiger partial charge in [0.1, 0.15) is 6.61 Å². The SMILES string of the molecule is CCn1cccc1C[C@@H](C(=O)O)C(=O)OCC1c2ccccc2-c2ccccc21. The number of aliphatic carboxylic acids is 1. The van der Waals surface area contributed by atoms with Gasteiger partial charge in [-0.15, -0.1) is 0 Å². The van der Waals surface area contributed by atoms with Crippen LogP contribution >= 0.6 is 0 Å². The highest BCUT2D eigenvalue weighted by atomic mass is 16.5. The topological polar surface area (TPSA) is 68.5 Å². The van der Waals surface area contributed by atoms with Gasteiger partial charge in [0.15, 0.2) is 5.92 Å². The van der Waals surface area contributed by atoms with E-state index < -0.39 is 17.9 Å². The van der Waals surface area contributed by atoms with Crippen LogP contribution in [0.2, 0.25) is 0 Å². The summed E-state index contributed by atoms with van der Waals surface area (Å²) in [5, 5.41) is 9.60. The molecule has 0 unspecified atom stereocenters. The summed E-state index contributed by atoms with van der Waals surface area (Å²) in [5.74, 6) is -3.16. The molecular formula is C24H23NO4. The van der Waals surface area contributed by atoms with Crippen molar-refractivity contribution in [2.75, 3.05) is 6.61 Å². The molecule has 4 rings (SSSR count). The first-order chi connectivity index (χ1) is 14.1. The lowest BCUT2D eigenvalue weighted by atomic mass is 9.98. The van der Waals surface area contributed by atoms with Crippen LogP contribution in [-0.2, 0) is 27.3 Å². The number of fused-ring (bicyclic) bond motifs is 3. The largest absolute Gasteiger partial charge is 0.481 e. The molecule has 0 spiro atoms. The molecule has 2 aromatic carbocycles. The molecule has 1 atom stereocenters. The number of aromatic nitrogens is 1. The molecule has 0 bridgehead atoms. The zero-order valence-corrected chi connectivity index (χ0v) is 16.2. The predicted octanol–water partition coefficient (Wildman–Crippen LogP) is 4.11. The van der Waals surface area contributed by atoms with Gasteiger partial charge in [-0.3, -0.25) is 9.59 Å². The predicted molar refractivity (Wildman–Crippen MR) is 110 cm³/mol. The normalized spacial score (nSPS) is 13.6. The number of carboxylic acids is 1. The second kappa shape index (κ2) is 7.95. The summed E-state index contributed by atoms with van der Waals surface area (Å²) >= 11 is 0. The number of ether oxygens (including phenoxy) is 1. The van der Waals surface area contributed by atoms with E-state index in [1.807, 2.05) is 66.2 Å². The molecule has 0 radical (unpaired) electrons. The Morgan fingerprint density at radius 1 is 1.00 bits per heavy atom. The number of hydrogen-bond acceptors (Lipinski definition) is 3. The van der Waals surface area contributed by atoms with Crippen LogP contribution in [0.1, 0.15) is 29.7 Å². The minimum absolute atomic E-state index is 0.0831. The van der Waals surface area contributed by atoms with Gasteiger partial charge in [-0.1, -0.05) is 48.5 Å². The van der Waals surface area contributed by atoms with Crippen molar-refractivity contribution in [3.05, 3.63) is 83.7 Å². The molecule has 1 aliphatic carbocycles. The Balaban J connectivity index is 1.52. The minimum atomic E-state index is -1.22. The molecular weight excluding hydrogens is 366 g/mol. The summed E-state index contributed by atoms with van der Waals surface area (Å²) in [5.41, 5.74) is 5.30. The highest BCUT2D eigenvalue weighted by Crippen LogP contribution is 2.44. The van der Waals surface area contributed by atoms with Gasteiger partial charge in [-0.2, -0.15) is 0 Å². The second-order valence-corrected chi connectivity index (χ2v) is 7.24. The zero-order chi connectivity index (χ0) is 20.4. The van der Waals surface area contributed by atoms with Gasteiger partial charge < -0.3 is 14.4 Å². The monoisotopic (exact) mass is 389 g/mol. The Morgan fingerprint density at radius 2 is 1.62 bits per heavy atom. The Labute approximate surface area is 169 Å². The van der Waals surface area contributed by atoms with Gasteiger partial charge in [0.2, 0.25) is 0 Å². The number of esters is 1. The Kier molecular flexibility index (Phi) is 5.21. The molecule has 1 heterocycles. The van der Waals surface area contributed by atoms with Crippen molar-refractivity contribution in [2.45, 2.75) is 25.8 Å². The molecule has 0 saturated carbocycles. The van der Waals surface area contributed by atoms with E-state index in [1.54, 1.807) is 0 Å². The van der Waals surface area contributed by atoms with Crippen LogP contribution in [-0.4, -0.2) is 28.2 Å². The number of carboxylic acid groups (broad SMARTS) is 1. The van der Waals surface area contributed by atoms with E-state index in [9.17, 15) is 14.7 Å². The first-order valence-electron chi connectivity index (χ1n) is 9.81. The van der Waals surface area contributed by atoms with Gasteiger partial charge >= 0.3 is 11.9 Å². The Hall–Kier alpha value is -3.34. The summed E-state index contributed by atoms with van der Waals surface area (Å²) in [4.78, 5) is 24.4. The number of aryl methyl sites for hydroxylation is 1. The minimum Gasteiger partial charge on any atom is -0.481 e. The number of hydrogen-bond donors (Lipinski definition) is 1. The fourth-order valence-electron chi connectivity index (χ4n) is 4.13. The first-order valence-corrected chi connectivity index (χ1v) is 9.81. The molecule has 1 aliphatic rings. The molecule has 0 saturated heterocycles. The summed E-state index contributed by atoms with van der Waals surface area (Å²) in [7, 11) is 0. The van der Waals surface area contributed by atoms with Crippen LogP contribution < -0.4 is 0 Å². The fourth-order valence-corrected chi connectivity index (χ4v) is 4.13. The van der Waals surface area contributed by atoms with Crippen LogP contribution in [0.3, 0.4) is 0 Å². The average molecular weight is 389 g/mol. The quantitative estimate of drug-likeness (QED) is 0.488. The van der Waals surface area contributed by atoms with Gasteiger partial charge in [-0.25, -0.2) is 0 Å². The van der Waals surface area contributed by atoms with Crippen LogP contribution in [0.25, 0.3) is 11.1 Å². The van der Waals surface area contributed by atoms with Crippen molar-refractivity contribution in [1.29, 1.82) is 0 Å². The van der Waals surface area contributed by atoms with Gasteiger partial charge in [-0.05, 0) is 41.3 Å².